The average molecular weight is 218 g/mol. The Bertz CT molecular complexity index is 535. The zero-order chi connectivity index (χ0) is 11.8. The number of fused-ring (bicyclic) bond motifs is 1. The van der Waals surface area contributed by atoms with Gasteiger partial charge in [-0.05, 0) is 24.3 Å². The van der Waals surface area contributed by atoms with Crippen LogP contribution in [0.2, 0.25) is 1.41 Å². The topological polar surface area (TPSA) is 40.7 Å². The van der Waals surface area contributed by atoms with E-state index >= 15 is 0 Å². The second kappa shape index (κ2) is 3.72. The van der Waals surface area contributed by atoms with Crippen LogP contribution < -0.4 is 5.31 Å². The maximum absolute atomic E-state index is 12.9. The maximum atomic E-state index is 12.9. The molecule has 1 aromatic heterocycles. The first-order chi connectivity index (χ1) is 8.24. The van der Waals surface area contributed by atoms with Gasteiger partial charge in [-0.1, -0.05) is 0 Å². The van der Waals surface area contributed by atoms with Gasteiger partial charge in [0.05, 0.1) is 5.69 Å². The first-order valence-electron chi connectivity index (χ1n) is 5.74. The van der Waals surface area contributed by atoms with Gasteiger partial charge in [-0.3, -0.25) is 5.10 Å². The first kappa shape index (κ1) is 8.47. The van der Waals surface area contributed by atoms with Crippen LogP contribution in [0.25, 0.3) is 11.3 Å². The maximum Gasteiger partial charge on any atom is 0.123 e. The lowest BCUT2D eigenvalue weighted by atomic mass is 10.0. The minimum Gasteiger partial charge on any atom is -0.312 e. The SMILES string of the molecule is [2H]N1CCc2[nH]nc(-c3ccc(F)cc3)c2C1. The van der Waals surface area contributed by atoms with E-state index in [-0.39, 0.29) is 5.82 Å². The third-order valence-electron chi connectivity index (χ3n) is 2.86. The quantitative estimate of drug-likeness (QED) is 0.767. The summed E-state index contributed by atoms with van der Waals surface area (Å²) in [5.41, 5.74) is 3.86. The van der Waals surface area contributed by atoms with Gasteiger partial charge in [0.25, 0.3) is 0 Å². The molecule has 2 aromatic rings. The molecule has 0 aliphatic carbocycles. The average Bonchev–Trinajstić information content (AvgIpc) is 2.73. The van der Waals surface area contributed by atoms with E-state index in [2.05, 4.69) is 10.2 Å². The molecule has 2 heterocycles. The molecule has 0 atom stereocenters. The molecule has 0 bridgehead atoms. The summed E-state index contributed by atoms with van der Waals surface area (Å²) in [5.74, 6) is -0.250. The third kappa shape index (κ3) is 1.51. The fourth-order valence-electron chi connectivity index (χ4n) is 2.01. The van der Waals surface area contributed by atoms with Crippen LogP contribution in [0, 0.1) is 5.82 Å². The molecular weight excluding hydrogens is 205 g/mol. The molecule has 0 fully saturated rings. The van der Waals surface area contributed by atoms with E-state index in [4.69, 9.17) is 1.41 Å². The lowest BCUT2D eigenvalue weighted by Crippen LogP contribution is -2.23. The number of benzene rings is 1. The lowest BCUT2D eigenvalue weighted by Gasteiger charge is -2.12. The molecule has 16 heavy (non-hydrogen) atoms. The molecule has 0 amide bonds. The summed E-state index contributed by atoms with van der Waals surface area (Å²) in [6, 6.07) is 6.29. The van der Waals surface area contributed by atoms with Gasteiger partial charge in [-0.25, -0.2) is 4.39 Å². The minimum absolute atomic E-state index is 0.250. The van der Waals surface area contributed by atoms with Crippen LogP contribution >= 0.6 is 0 Å². The predicted molar refractivity (Wildman–Crippen MR) is 59.4 cm³/mol. The summed E-state index contributed by atoms with van der Waals surface area (Å²) < 4.78 is 20.5. The summed E-state index contributed by atoms with van der Waals surface area (Å²) in [7, 11) is 0. The number of aromatic amines is 1. The van der Waals surface area contributed by atoms with Crippen LogP contribution in [0.4, 0.5) is 4.39 Å². The van der Waals surface area contributed by atoms with Crippen LogP contribution in [0.3, 0.4) is 0 Å². The highest BCUT2D eigenvalue weighted by atomic mass is 19.1. The summed E-state index contributed by atoms with van der Waals surface area (Å²) in [4.78, 5) is 0. The molecule has 1 aliphatic heterocycles. The van der Waals surface area contributed by atoms with Crippen molar-refractivity contribution in [3.63, 3.8) is 0 Å². The van der Waals surface area contributed by atoms with E-state index in [0.717, 1.165) is 35.5 Å². The molecule has 1 aromatic carbocycles. The zero-order valence-corrected chi connectivity index (χ0v) is 8.70. The van der Waals surface area contributed by atoms with E-state index < -0.39 is 0 Å². The fraction of sp³-hybridized carbons (Fsp3) is 0.250. The van der Waals surface area contributed by atoms with Crippen LogP contribution in [0.15, 0.2) is 24.3 Å². The van der Waals surface area contributed by atoms with Gasteiger partial charge >= 0.3 is 0 Å². The number of H-pyrrole nitrogens is 1. The second-order valence-corrected chi connectivity index (χ2v) is 3.89. The Kier molecular flexibility index (Phi) is 1.97. The predicted octanol–water partition coefficient (Wildman–Crippen LogP) is 1.86. The van der Waals surface area contributed by atoms with Crippen molar-refractivity contribution in [1.82, 2.24) is 15.5 Å². The van der Waals surface area contributed by atoms with E-state index in [1.807, 2.05) is 0 Å². The summed E-state index contributed by atoms with van der Waals surface area (Å²) in [6.45, 7) is 1.29. The van der Waals surface area contributed by atoms with Gasteiger partial charge in [-0.15, -0.1) is 0 Å². The number of hydrogen-bond donors (Lipinski definition) is 2. The molecule has 4 heteroatoms. The van der Waals surface area contributed by atoms with Gasteiger partial charge in [0, 0.05) is 36.3 Å². The van der Waals surface area contributed by atoms with Crippen molar-refractivity contribution >= 4 is 0 Å². The molecule has 1 aliphatic rings. The Morgan fingerprint density at radius 2 is 2.12 bits per heavy atom. The van der Waals surface area contributed by atoms with Crippen molar-refractivity contribution in [2.45, 2.75) is 13.0 Å². The molecule has 0 unspecified atom stereocenters. The smallest absolute Gasteiger partial charge is 0.123 e. The molecule has 2 N–H and O–H groups in total. The van der Waals surface area contributed by atoms with Gasteiger partial charge in [0.15, 0.2) is 0 Å². The Hall–Kier alpha value is -1.68. The van der Waals surface area contributed by atoms with Crippen molar-refractivity contribution in [3.8, 4) is 11.3 Å². The van der Waals surface area contributed by atoms with Gasteiger partial charge in [0.2, 0.25) is 0 Å². The largest absolute Gasteiger partial charge is 0.312 e. The minimum atomic E-state index is -0.250. The molecule has 0 radical (unpaired) electrons. The normalized spacial score (nSPS) is 16.9. The fourth-order valence-corrected chi connectivity index (χ4v) is 2.01. The van der Waals surface area contributed by atoms with Crippen LogP contribution in [-0.2, 0) is 13.0 Å². The Morgan fingerprint density at radius 1 is 1.31 bits per heavy atom. The van der Waals surface area contributed by atoms with Gasteiger partial charge in [0.1, 0.15) is 7.23 Å². The van der Waals surface area contributed by atoms with E-state index in [9.17, 15) is 4.39 Å². The Balaban J connectivity index is 2.04. The highest BCUT2D eigenvalue weighted by Gasteiger charge is 2.17. The van der Waals surface area contributed by atoms with Crippen LogP contribution in [0.1, 0.15) is 11.3 Å². The van der Waals surface area contributed by atoms with Gasteiger partial charge in [-0.2, -0.15) is 5.10 Å². The zero-order valence-electron chi connectivity index (χ0n) is 9.70. The molecule has 3 nitrogen and oxygen atoms in total. The van der Waals surface area contributed by atoms with Crippen LogP contribution in [0.5, 0.6) is 0 Å². The molecule has 82 valence electrons. The molecule has 0 saturated heterocycles. The highest BCUT2D eigenvalue weighted by molar-refractivity contribution is 5.64. The standard InChI is InChI=1S/C12H12FN3/c13-9-3-1-8(2-4-9)12-10-7-14-6-5-11(10)15-16-12/h1-4,14H,5-7H2,(H,15,16)/i/hD. The monoisotopic (exact) mass is 218 g/mol. The Labute approximate surface area is 94.2 Å². The van der Waals surface area contributed by atoms with Crippen molar-refractivity contribution in [1.29, 1.82) is 0 Å². The first-order valence-corrected chi connectivity index (χ1v) is 5.30. The van der Waals surface area contributed by atoms with E-state index in [1.165, 1.54) is 17.4 Å². The number of hydrogen-bond acceptors (Lipinski definition) is 2. The van der Waals surface area contributed by atoms with Gasteiger partial charge < -0.3 is 5.31 Å². The number of nitrogens with zero attached hydrogens (tertiary/aromatic N) is 1. The van der Waals surface area contributed by atoms with E-state index in [1.54, 1.807) is 12.1 Å². The van der Waals surface area contributed by atoms with E-state index in [0.29, 0.717) is 6.54 Å². The highest BCUT2D eigenvalue weighted by Crippen LogP contribution is 2.25. The lowest BCUT2D eigenvalue weighted by molar-refractivity contribution is 0.628. The number of aromatic nitrogens is 2. The van der Waals surface area contributed by atoms with Crippen LogP contribution in [-0.4, -0.2) is 16.7 Å². The summed E-state index contributed by atoms with van der Waals surface area (Å²) in [6.07, 6.45) is 0.813. The number of rotatable bonds is 1. The molecule has 0 saturated carbocycles. The second-order valence-electron chi connectivity index (χ2n) is 3.89. The summed E-state index contributed by atoms with van der Waals surface area (Å²) >= 11 is 0. The number of halogens is 1. The van der Waals surface area contributed by atoms with Crippen molar-refractivity contribution in [3.05, 3.63) is 41.3 Å². The summed E-state index contributed by atoms with van der Waals surface area (Å²) in [5, 5.41) is 8.80. The third-order valence-corrected chi connectivity index (χ3v) is 2.86. The molecule has 3 rings (SSSR count). The Morgan fingerprint density at radius 3 is 2.94 bits per heavy atom. The molecule has 0 spiro atoms. The molecular formula is C12H12FN3. The van der Waals surface area contributed by atoms with Crippen molar-refractivity contribution in [2.75, 3.05) is 6.54 Å². The number of nitrogens with one attached hydrogen (secondary N) is 2. The van der Waals surface area contributed by atoms with Crippen molar-refractivity contribution < 1.29 is 5.80 Å². The van der Waals surface area contributed by atoms with Crippen molar-refractivity contribution in [2.24, 2.45) is 0 Å².